The first-order valence-electron chi connectivity index (χ1n) is 5.47. The van der Waals surface area contributed by atoms with Crippen LogP contribution in [0.2, 0.25) is 0 Å². The third kappa shape index (κ3) is 4.06. The van der Waals surface area contributed by atoms with Gasteiger partial charge in [-0.05, 0) is 26.2 Å². The zero-order valence-electron chi connectivity index (χ0n) is 9.44. The zero-order chi connectivity index (χ0) is 11.5. The highest BCUT2D eigenvalue weighted by Gasteiger charge is 2.25. The Labute approximate surface area is 92.2 Å². The fraction of sp³-hybridized carbons (Fsp3) is 1.00. The topological polar surface area (TPSA) is 75.4 Å². The minimum atomic E-state index is -3.48. The second-order valence-electron chi connectivity index (χ2n) is 4.19. The van der Waals surface area contributed by atoms with Crippen molar-refractivity contribution in [2.24, 2.45) is 5.14 Å². The number of nitrogens with one attached hydrogen (secondary N) is 1. The Hall–Kier alpha value is -0.170. The lowest BCUT2D eigenvalue weighted by Gasteiger charge is -2.31. The summed E-state index contributed by atoms with van der Waals surface area (Å²) in [6.07, 6.45) is 2.79. The Morgan fingerprint density at radius 2 is 2.00 bits per heavy atom. The highest BCUT2D eigenvalue weighted by atomic mass is 32.2. The lowest BCUT2D eigenvalue weighted by atomic mass is 10.1. The summed E-state index contributed by atoms with van der Waals surface area (Å²) in [6, 6.07) is 0.925. The minimum absolute atomic E-state index is 0.429. The molecule has 0 spiro atoms. The normalized spacial score (nSPS) is 22.9. The monoisotopic (exact) mass is 235 g/mol. The average molecular weight is 235 g/mol. The molecule has 6 heteroatoms. The Balaban J connectivity index is 2.36. The molecule has 0 aliphatic carbocycles. The minimum Gasteiger partial charge on any atom is -0.311 e. The van der Waals surface area contributed by atoms with Crippen LogP contribution in [0.4, 0.5) is 0 Å². The number of piperidine rings is 1. The molecule has 1 heterocycles. The highest BCUT2D eigenvalue weighted by Crippen LogP contribution is 2.12. The number of hydrogen-bond acceptors (Lipinski definition) is 3. The number of hydrogen-bond donors (Lipinski definition) is 2. The van der Waals surface area contributed by atoms with E-state index < -0.39 is 10.2 Å². The molecule has 5 nitrogen and oxygen atoms in total. The van der Waals surface area contributed by atoms with Crippen LogP contribution in [0.15, 0.2) is 0 Å². The summed E-state index contributed by atoms with van der Waals surface area (Å²) in [4.78, 5) is 0. The van der Waals surface area contributed by atoms with Crippen LogP contribution in [0.3, 0.4) is 0 Å². The van der Waals surface area contributed by atoms with E-state index in [9.17, 15) is 8.42 Å². The second-order valence-corrected chi connectivity index (χ2v) is 5.74. The van der Waals surface area contributed by atoms with E-state index >= 15 is 0 Å². The van der Waals surface area contributed by atoms with E-state index in [1.807, 2.05) is 0 Å². The quantitative estimate of drug-likeness (QED) is 0.722. The largest absolute Gasteiger partial charge is 0.311 e. The van der Waals surface area contributed by atoms with Crippen LogP contribution in [0.25, 0.3) is 0 Å². The molecule has 0 amide bonds. The predicted octanol–water partition coefficient (Wildman–Crippen LogP) is 0.0424. The smallest absolute Gasteiger partial charge is 0.276 e. The molecule has 3 N–H and O–H groups in total. The van der Waals surface area contributed by atoms with Crippen LogP contribution in [0.1, 0.15) is 33.1 Å². The van der Waals surface area contributed by atoms with Gasteiger partial charge in [-0.25, -0.2) is 5.14 Å². The third-order valence-corrected chi connectivity index (χ3v) is 4.03. The Kier molecular flexibility index (Phi) is 4.51. The predicted molar refractivity (Wildman–Crippen MR) is 60.6 cm³/mol. The zero-order valence-corrected chi connectivity index (χ0v) is 10.3. The van der Waals surface area contributed by atoms with Crippen LogP contribution in [0, 0.1) is 0 Å². The van der Waals surface area contributed by atoms with Crippen LogP contribution < -0.4 is 10.5 Å². The molecule has 1 aliphatic rings. The Bertz CT molecular complexity index is 284. The average Bonchev–Trinajstić information content (AvgIpc) is 2.17. The summed E-state index contributed by atoms with van der Waals surface area (Å²) in [6.45, 7) is 5.35. The molecule has 0 aromatic carbocycles. The molecule has 1 fully saturated rings. The van der Waals surface area contributed by atoms with Crippen molar-refractivity contribution in [1.29, 1.82) is 0 Å². The van der Waals surface area contributed by atoms with E-state index in [1.165, 1.54) is 4.31 Å². The lowest BCUT2D eigenvalue weighted by molar-refractivity contribution is 0.275. The van der Waals surface area contributed by atoms with Gasteiger partial charge in [0.1, 0.15) is 0 Å². The van der Waals surface area contributed by atoms with Crippen LogP contribution >= 0.6 is 0 Å². The Morgan fingerprint density at radius 3 is 2.40 bits per heavy atom. The third-order valence-electron chi connectivity index (χ3n) is 2.95. The second kappa shape index (κ2) is 5.25. The van der Waals surface area contributed by atoms with Gasteiger partial charge in [-0.3, -0.25) is 0 Å². The standard InChI is InChI=1S/C9H21N3O2S/c1-3-8(2)11-9-4-6-12(7-5-9)15(10,13)14/h8-9,11H,3-7H2,1-2H3,(H2,10,13,14). The molecule has 0 bridgehead atoms. The summed E-state index contributed by atoms with van der Waals surface area (Å²) >= 11 is 0. The molecule has 1 unspecified atom stereocenters. The Morgan fingerprint density at radius 1 is 1.47 bits per heavy atom. The van der Waals surface area contributed by atoms with E-state index in [0.717, 1.165) is 19.3 Å². The lowest BCUT2D eigenvalue weighted by Crippen LogP contribution is -2.48. The van der Waals surface area contributed by atoms with Gasteiger partial charge in [0, 0.05) is 25.2 Å². The summed E-state index contributed by atoms with van der Waals surface area (Å²) in [5.41, 5.74) is 0. The molecular weight excluding hydrogens is 214 g/mol. The molecule has 0 radical (unpaired) electrons. The first kappa shape index (κ1) is 12.9. The summed E-state index contributed by atoms with van der Waals surface area (Å²) in [7, 11) is -3.48. The van der Waals surface area contributed by atoms with Crippen molar-refractivity contribution >= 4 is 10.2 Å². The first-order chi connectivity index (χ1) is 6.93. The summed E-state index contributed by atoms with van der Waals surface area (Å²) < 4.78 is 23.5. The van der Waals surface area contributed by atoms with Gasteiger partial charge in [-0.15, -0.1) is 0 Å². The maximum atomic E-state index is 11.1. The molecule has 15 heavy (non-hydrogen) atoms. The van der Waals surface area contributed by atoms with E-state index in [0.29, 0.717) is 25.2 Å². The fourth-order valence-electron chi connectivity index (χ4n) is 1.80. The molecule has 90 valence electrons. The highest BCUT2D eigenvalue weighted by molar-refractivity contribution is 7.86. The molecule has 1 atom stereocenters. The SMILES string of the molecule is CCC(C)NC1CCN(S(N)(=O)=O)CC1. The van der Waals surface area contributed by atoms with Crippen molar-refractivity contribution in [3.05, 3.63) is 0 Å². The maximum absolute atomic E-state index is 11.1. The van der Waals surface area contributed by atoms with Crippen molar-refractivity contribution in [1.82, 2.24) is 9.62 Å². The van der Waals surface area contributed by atoms with Crippen molar-refractivity contribution in [3.8, 4) is 0 Å². The van der Waals surface area contributed by atoms with Gasteiger partial charge >= 0.3 is 0 Å². The van der Waals surface area contributed by atoms with Gasteiger partial charge in [0.05, 0.1) is 0 Å². The van der Waals surface area contributed by atoms with Gasteiger partial charge in [0.15, 0.2) is 0 Å². The van der Waals surface area contributed by atoms with Crippen molar-refractivity contribution in [2.75, 3.05) is 13.1 Å². The first-order valence-corrected chi connectivity index (χ1v) is 6.97. The van der Waals surface area contributed by atoms with Gasteiger partial charge in [0.25, 0.3) is 10.2 Å². The van der Waals surface area contributed by atoms with Crippen molar-refractivity contribution in [2.45, 2.75) is 45.2 Å². The fourth-order valence-corrected chi connectivity index (χ4v) is 2.52. The molecule has 0 saturated carbocycles. The number of rotatable bonds is 4. The van der Waals surface area contributed by atoms with Gasteiger partial charge in [-0.1, -0.05) is 6.92 Å². The van der Waals surface area contributed by atoms with Crippen molar-refractivity contribution in [3.63, 3.8) is 0 Å². The molecule has 0 aromatic heterocycles. The van der Waals surface area contributed by atoms with Gasteiger partial charge in [-0.2, -0.15) is 12.7 Å². The molecule has 1 saturated heterocycles. The maximum Gasteiger partial charge on any atom is 0.276 e. The number of nitrogens with two attached hydrogens (primary N) is 1. The van der Waals surface area contributed by atoms with Crippen LogP contribution in [-0.4, -0.2) is 37.9 Å². The molecule has 0 aromatic rings. The number of nitrogens with zero attached hydrogens (tertiary/aromatic N) is 1. The molecular formula is C9H21N3O2S. The molecule has 1 rings (SSSR count). The van der Waals surface area contributed by atoms with Crippen LogP contribution in [0.5, 0.6) is 0 Å². The van der Waals surface area contributed by atoms with Gasteiger partial charge < -0.3 is 5.32 Å². The van der Waals surface area contributed by atoms with E-state index in [2.05, 4.69) is 19.2 Å². The van der Waals surface area contributed by atoms with Gasteiger partial charge in [0.2, 0.25) is 0 Å². The van der Waals surface area contributed by atoms with E-state index in [-0.39, 0.29) is 0 Å². The molecule has 1 aliphatic heterocycles. The summed E-state index contributed by atoms with van der Waals surface area (Å²) in [5.74, 6) is 0. The van der Waals surface area contributed by atoms with E-state index in [1.54, 1.807) is 0 Å². The van der Waals surface area contributed by atoms with Crippen LogP contribution in [-0.2, 0) is 10.2 Å². The van der Waals surface area contributed by atoms with E-state index in [4.69, 9.17) is 5.14 Å². The van der Waals surface area contributed by atoms with Crippen molar-refractivity contribution < 1.29 is 8.42 Å². The summed E-state index contributed by atoms with van der Waals surface area (Å²) in [5, 5.41) is 8.54.